The van der Waals surface area contributed by atoms with E-state index in [1.54, 1.807) is 0 Å². The van der Waals surface area contributed by atoms with Crippen molar-refractivity contribution in [1.29, 1.82) is 0 Å². The van der Waals surface area contributed by atoms with Gasteiger partial charge in [-0.1, -0.05) is 30.3 Å². The SMILES string of the molecule is Cc1[nH]c(=O)[nH]c(=O)c1S(=O)(=O)N1CCC(C(=O)NC(C)CCc2ccccc2)CC1. The lowest BCUT2D eigenvalue weighted by atomic mass is 9.96. The molecule has 168 valence electrons. The van der Waals surface area contributed by atoms with Gasteiger partial charge in [0.05, 0.1) is 0 Å². The average Bonchev–Trinajstić information content (AvgIpc) is 2.72. The number of aromatic nitrogens is 2. The van der Waals surface area contributed by atoms with E-state index < -0.39 is 26.2 Å². The highest BCUT2D eigenvalue weighted by molar-refractivity contribution is 7.89. The average molecular weight is 449 g/mol. The van der Waals surface area contributed by atoms with Crippen molar-refractivity contribution in [3.63, 3.8) is 0 Å². The molecule has 0 radical (unpaired) electrons. The molecule has 1 unspecified atom stereocenters. The highest BCUT2D eigenvalue weighted by Crippen LogP contribution is 2.23. The van der Waals surface area contributed by atoms with Crippen molar-refractivity contribution in [2.45, 2.75) is 50.5 Å². The van der Waals surface area contributed by atoms with Gasteiger partial charge in [-0.2, -0.15) is 4.31 Å². The molecule has 1 amide bonds. The number of aryl methyl sites for hydroxylation is 2. The maximum absolute atomic E-state index is 12.9. The molecule has 9 nitrogen and oxygen atoms in total. The van der Waals surface area contributed by atoms with Crippen LogP contribution in [0.2, 0.25) is 0 Å². The fourth-order valence-electron chi connectivity index (χ4n) is 3.85. The standard InChI is InChI=1S/C21H28N4O5S/c1-14(8-9-16-6-4-3-5-7-16)22-19(26)17-10-12-25(13-11-17)31(29,30)18-15(2)23-21(28)24-20(18)27/h3-7,14,17H,8-13H2,1-2H3,(H,22,26)(H2,23,24,27,28). The molecule has 1 aliphatic heterocycles. The Morgan fingerprint density at radius 2 is 1.81 bits per heavy atom. The molecule has 0 aliphatic carbocycles. The van der Waals surface area contributed by atoms with Crippen LogP contribution in [0.15, 0.2) is 44.8 Å². The Hall–Kier alpha value is -2.72. The van der Waals surface area contributed by atoms with E-state index in [0.717, 1.165) is 12.8 Å². The summed E-state index contributed by atoms with van der Waals surface area (Å²) in [6.07, 6.45) is 2.43. The quantitative estimate of drug-likeness (QED) is 0.579. The Morgan fingerprint density at radius 3 is 2.42 bits per heavy atom. The molecule has 0 saturated carbocycles. The number of carbonyl (C=O) groups excluding carboxylic acids is 1. The number of aromatic amines is 2. The van der Waals surface area contributed by atoms with Crippen molar-refractivity contribution >= 4 is 15.9 Å². The predicted octanol–water partition coefficient (Wildman–Crippen LogP) is 0.910. The third-order valence-corrected chi connectivity index (χ3v) is 7.65. The van der Waals surface area contributed by atoms with Crippen molar-refractivity contribution in [1.82, 2.24) is 19.6 Å². The van der Waals surface area contributed by atoms with Gasteiger partial charge in [0.2, 0.25) is 15.9 Å². The van der Waals surface area contributed by atoms with Gasteiger partial charge >= 0.3 is 5.69 Å². The van der Waals surface area contributed by atoms with Crippen LogP contribution in [0, 0.1) is 12.8 Å². The molecule has 3 N–H and O–H groups in total. The van der Waals surface area contributed by atoms with E-state index >= 15 is 0 Å². The lowest BCUT2D eigenvalue weighted by Gasteiger charge is -2.31. The number of sulfonamides is 1. The summed E-state index contributed by atoms with van der Waals surface area (Å²) in [7, 11) is -4.06. The van der Waals surface area contributed by atoms with Crippen LogP contribution in [0.4, 0.5) is 0 Å². The number of H-pyrrole nitrogens is 2. The first-order valence-electron chi connectivity index (χ1n) is 10.4. The molecular weight excluding hydrogens is 420 g/mol. The number of hydrogen-bond acceptors (Lipinski definition) is 5. The van der Waals surface area contributed by atoms with Gasteiger partial charge < -0.3 is 10.3 Å². The lowest BCUT2D eigenvalue weighted by molar-refractivity contribution is -0.126. The predicted molar refractivity (Wildman–Crippen MR) is 116 cm³/mol. The minimum absolute atomic E-state index is 0.000794. The smallest absolute Gasteiger partial charge is 0.325 e. The fraction of sp³-hybridized carbons (Fsp3) is 0.476. The van der Waals surface area contributed by atoms with Crippen LogP contribution in [-0.2, 0) is 21.2 Å². The van der Waals surface area contributed by atoms with Crippen LogP contribution >= 0.6 is 0 Å². The lowest BCUT2D eigenvalue weighted by Crippen LogP contribution is -2.46. The number of benzene rings is 1. The summed E-state index contributed by atoms with van der Waals surface area (Å²) < 4.78 is 27.0. The maximum Gasteiger partial charge on any atom is 0.325 e. The Morgan fingerprint density at radius 1 is 1.16 bits per heavy atom. The van der Waals surface area contributed by atoms with Crippen LogP contribution < -0.4 is 16.6 Å². The maximum atomic E-state index is 12.9. The number of carbonyl (C=O) groups is 1. The summed E-state index contributed by atoms with van der Waals surface area (Å²) in [5.74, 6) is -0.351. The van der Waals surface area contributed by atoms with Gasteiger partial charge in [-0.15, -0.1) is 0 Å². The number of nitrogens with zero attached hydrogens (tertiary/aromatic N) is 1. The summed E-state index contributed by atoms with van der Waals surface area (Å²) >= 11 is 0. The van der Waals surface area contributed by atoms with Crippen molar-refractivity contribution in [3.8, 4) is 0 Å². The molecule has 2 heterocycles. The molecule has 1 saturated heterocycles. The number of rotatable bonds is 7. The van der Waals surface area contributed by atoms with Crippen molar-refractivity contribution in [3.05, 3.63) is 62.4 Å². The molecule has 2 aromatic rings. The Bertz CT molecular complexity index is 1130. The second-order valence-corrected chi connectivity index (χ2v) is 9.85. The zero-order valence-electron chi connectivity index (χ0n) is 17.7. The van der Waals surface area contributed by atoms with E-state index in [1.807, 2.05) is 30.1 Å². The Balaban J connectivity index is 1.56. The zero-order chi connectivity index (χ0) is 22.6. The number of piperidine rings is 1. The second-order valence-electron chi connectivity index (χ2n) is 7.97. The van der Waals surface area contributed by atoms with Crippen LogP contribution in [0.5, 0.6) is 0 Å². The van der Waals surface area contributed by atoms with E-state index in [4.69, 9.17) is 0 Å². The third kappa shape index (κ3) is 5.50. The zero-order valence-corrected chi connectivity index (χ0v) is 18.5. The Labute approximate surface area is 180 Å². The number of amides is 1. The van der Waals surface area contributed by atoms with Gasteiger partial charge in [0.25, 0.3) is 5.56 Å². The van der Waals surface area contributed by atoms with E-state index in [0.29, 0.717) is 12.8 Å². The molecule has 1 aliphatic rings. The first-order valence-corrected chi connectivity index (χ1v) is 11.8. The van der Waals surface area contributed by atoms with Gasteiger partial charge in [-0.25, -0.2) is 13.2 Å². The van der Waals surface area contributed by atoms with Gasteiger partial charge in [0, 0.05) is 30.7 Å². The molecule has 1 aromatic carbocycles. The minimum Gasteiger partial charge on any atom is -0.353 e. The topological polar surface area (TPSA) is 132 Å². The molecule has 1 aromatic heterocycles. The summed E-state index contributed by atoms with van der Waals surface area (Å²) in [6, 6.07) is 10.1. The molecule has 31 heavy (non-hydrogen) atoms. The van der Waals surface area contributed by atoms with Crippen LogP contribution in [0.1, 0.15) is 37.4 Å². The van der Waals surface area contributed by atoms with Crippen molar-refractivity contribution in [2.24, 2.45) is 5.92 Å². The van der Waals surface area contributed by atoms with Gasteiger partial charge in [0.15, 0.2) is 4.90 Å². The molecular formula is C21H28N4O5S. The number of hydrogen-bond donors (Lipinski definition) is 3. The summed E-state index contributed by atoms with van der Waals surface area (Å²) in [5, 5.41) is 3.03. The molecule has 3 rings (SSSR count). The van der Waals surface area contributed by atoms with Crippen LogP contribution in [0.25, 0.3) is 0 Å². The third-order valence-electron chi connectivity index (χ3n) is 5.60. The van der Waals surface area contributed by atoms with Gasteiger partial charge in [0.1, 0.15) is 0 Å². The highest BCUT2D eigenvalue weighted by atomic mass is 32.2. The van der Waals surface area contributed by atoms with Crippen LogP contribution in [0.3, 0.4) is 0 Å². The number of nitrogens with one attached hydrogen (secondary N) is 3. The van der Waals surface area contributed by atoms with E-state index in [2.05, 4.69) is 22.4 Å². The van der Waals surface area contributed by atoms with E-state index in [-0.39, 0.29) is 36.7 Å². The molecule has 1 atom stereocenters. The summed E-state index contributed by atoms with van der Waals surface area (Å²) in [6.45, 7) is 3.61. The molecule has 0 spiro atoms. The molecule has 1 fully saturated rings. The summed E-state index contributed by atoms with van der Waals surface area (Å²) in [4.78, 5) is 39.8. The monoisotopic (exact) mass is 448 g/mol. The van der Waals surface area contributed by atoms with E-state index in [1.165, 1.54) is 16.8 Å². The summed E-state index contributed by atoms with van der Waals surface area (Å²) in [5.41, 5.74) is -0.470. The van der Waals surface area contributed by atoms with Gasteiger partial charge in [-0.3, -0.25) is 14.6 Å². The fourth-order valence-corrected chi connectivity index (χ4v) is 5.52. The van der Waals surface area contributed by atoms with Crippen molar-refractivity contribution < 1.29 is 13.2 Å². The van der Waals surface area contributed by atoms with Crippen molar-refractivity contribution in [2.75, 3.05) is 13.1 Å². The Kier molecular flexibility index (Phi) is 7.11. The molecule has 10 heteroatoms. The second kappa shape index (κ2) is 9.61. The first-order chi connectivity index (χ1) is 14.7. The van der Waals surface area contributed by atoms with Gasteiger partial charge in [-0.05, 0) is 45.1 Å². The normalized spacial score (nSPS) is 16.7. The minimum atomic E-state index is -4.06. The molecule has 0 bridgehead atoms. The van der Waals surface area contributed by atoms with Crippen LogP contribution in [-0.4, -0.2) is 47.7 Å². The first kappa shape index (κ1) is 23.0. The largest absolute Gasteiger partial charge is 0.353 e. The highest BCUT2D eigenvalue weighted by Gasteiger charge is 2.35. The van der Waals surface area contributed by atoms with E-state index in [9.17, 15) is 22.8 Å².